The smallest absolute Gasteiger partial charge is 0.268 e. The molecule has 0 radical (unpaired) electrons. The zero-order valence-electron chi connectivity index (χ0n) is 8.83. The number of nitrogen functional groups attached to an aromatic ring is 1. The minimum atomic E-state index is 0.539. The van der Waals surface area contributed by atoms with Crippen LogP contribution in [0, 0.1) is 0 Å². The Morgan fingerprint density at radius 2 is 2.12 bits per heavy atom. The van der Waals surface area contributed by atoms with Gasteiger partial charge in [0.05, 0.1) is 4.88 Å². The van der Waals surface area contributed by atoms with Crippen molar-refractivity contribution < 1.29 is 4.52 Å². The summed E-state index contributed by atoms with van der Waals surface area (Å²) in [5.41, 5.74) is 7.26. The summed E-state index contributed by atoms with van der Waals surface area (Å²) in [7, 11) is 0. The van der Waals surface area contributed by atoms with E-state index >= 15 is 0 Å². The Bertz CT molecular complexity index is 631. The van der Waals surface area contributed by atoms with E-state index in [0.717, 1.165) is 10.4 Å². The van der Waals surface area contributed by atoms with E-state index in [2.05, 4.69) is 10.1 Å². The Labute approximate surface area is 102 Å². The van der Waals surface area contributed by atoms with E-state index in [1.54, 1.807) is 11.3 Å². The molecule has 2 N–H and O–H groups in total. The lowest BCUT2D eigenvalue weighted by Crippen LogP contribution is -1.86. The summed E-state index contributed by atoms with van der Waals surface area (Å²) in [6, 6.07) is 11.3. The van der Waals surface area contributed by atoms with Gasteiger partial charge >= 0.3 is 0 Å². The molecule has 0 amide bonds. The molecule has 4 nitrogen and oxygen atoms in total. The Kier molecular flexibility index (Phi) is 2.38. The lowest BCUT2D eigenvalue weighted by atomic mass is 10.2. The molecule has 1 aromatic carbocycles. The highest BCUT2D eigenvalue weighted by atomic mass is 32.1. The molecular formula is C12H9N3OS. The van der Waals surface area contributed by atoms with Crippen LogP contribution in [0.5, 0.6) is 0 Å². The highest BCUT2D eigenvalue weighted by Crippen LogP contribution is 2.26. The van der Waals surface area contributed by atoms with Gasteiger partial charge in [0.15, 0.2) is 0 Å². The van der Waals surface area contributed by atoms with Gasteiger partial charge in [0.1, 0.15) is 0 Å². The fourth-order valence-electron chi connectivity index (χ4n) is 1.52. The van der Waals surface area contributed by atoms with Crippen molar-refractivity contribution in [1.82, 2.24) is 10.1 Å². The molecule has 0 aliphatic rings. The van der Waals surface area contributed by atoms with E-state index in [1.807, 2.05) is 41.8 Å². The Hall–Kier alpha value is -2.14. The lowest BCUT2D eigenvalue weighted by Gasteiger charge is -1.95. The van der Waals surface area contributed by atoms with E-state index in [4.69, 9.17) is 10.3 Å². The van der Waals surface area contributed by atoms with Gasteiger partial charge in [-0.25, -0.2) is 0 Å². The van der Waals surface area contributed by atoms with Crippen LogP contribution >= 0.6 is 11.3 Å². The number of hydrogen-bond donors (Lipinski definition) is 1. The van der Waals surface area contributed by atoms with Gasteiger partial charge in [-0.1, -0.05) is 23.4 Å². The number of rotatable bonds is 2. The summed E-state index contributed by atoms with van der Waals surface area (Å²) in [5, 5.41) is 5.92. The number of anilines is 1. The van der Waals surface area contributed by atoms with Gasteiger partial charge < -0.3 is 10.3 Å². The predicted octanol–water partition coefficient (Wildman–Crippen LogP) is 3.05. The molecule has 0 aliphatic heterocycles. The number of aromatic nitrogens is 2. The molecular weight excluding hydrogens is 234 g/mol. The Morgan fingerprint density at radius 3 is 2.88 bits per heavy atom. The average Bonchev–Trinajstić information content (AvgIpc) is 3.00. The average molecular weight is 243 g/mol. The van der Waals surface area contributed by atoms with Crippen molar-refractivity contribution in [2.24, 2.45) is 0 Å². The molecule has 0 bridgehead atoms. The summed E-state index contributed by atoms with van der Waals surface area (Å²) in [6.07, 6.45) is 0. The van der Waals surface area contributed by atoms with Gasteiger partial charge in [-0.05, 0) is 23.6 Å². The minimum absolute atomic E-state index is 0.539. The SMILES string of the molecule is Nc1cccc(-c2noc(-c3cccs3)n2)c1. The van der Waals surface area contributed by atoms with E-state index in [-0.39, 0.29) is 0 Å². The lowest BCUT2D eigenvalue weighted by molar-refractivity contribution is 0.433. The van der Waals surface area contributed by atoms with Gasteiger partial charge in [-0.2, -0.15) is 4.98 Å². The molecule has 0 saturated carbocycles. The monoisotopic (exact) mass is 243 g/mol. The van der Waals surface area contributed by atoms with Gasteiger partial charge in [0.25, 0.3) is 5.89 Å². The van der Waals surface area contributed by atoms with Crippen LogP contribution in [0.1, 0.15) is 0 Å². The zero-order chi connectivity index (χ0) is 11.7. The molecule has 3 rings (SSSR count). The van der Waals surface area contributed by atoms with Crippen molar-refractivity contribution in [2.75, 3.05) is 5.73 Å². The van der Waals surface area contributed by atoms with Gasteiger partial charge in [0, 0.05) is 11.3 Å². The van der Waals surface area contributed by atoms with Crippen molar-refractivity contribution in [1.29, 1.82) is 0 Å². The highest BCUT2D eigenvalue weighted by Gasteiger charge is 2.10. The molecule has 0 aliphatic carbocycles. The number of hydrogen-bond acceptors (Lipinski definition) is 5. The Morgan fingerprint density at radius 1 is 1.18 bits per heavy atom. The molecule has 17 heavy (non-hydrogen) atoms. The fourth-order valence-corrected chi connectivity index (χ4v) is 2.16. The maximum Gasteiger partial charge on any atom is 0.268 e. The number of nitrogens with two attached hydrogens (primary N) is 1. The quantitative estimate of drug-likeness (QED) is 0.702. The van der Waals surface area contributed by atoms with Crippen LogP contribution < -0.4 is 5.73 Å². The van der Waals surface area contributed by atoms with Gasteiger partial charge in [-0.15, -0.1) is 11.3 Å². The zero-order valence-corrected chi connectivity index (χ0v) is 9.65. The van der Waals surface area contributed by atoms with Gasteiger partial charge in [-0.3, -0.25) is 0 Å². The van der Waals surface area contributed by atoms with Crippen LogP contribution in [0.15, 0.2) is 46.3 Å². The fraction of sp³-hybridized carbons (Fsp3) is 0. The van der Waals surface area contributed by atoms with E-state index < -0.39 is 0 Å². The maximum atomic E-state index is 5.71. The van der Waals surface area contributed by atoms with Crippen LogP contribution in [0.4, 0.5) is 5.69 Å². The summed E-state index contributed by atoms with van der Waals surface area (Å²) < 4.78 is 5.21. The third kappa shape index (κ3) is 1.92. The van der Waals surface area contributed by atoms with Crippen LogP contribution in [0.3, 0.4) is 0 Å². The van der Waals surface area contributed by atoms with Gasteiger partial charge in [0.2, 0.25) is 5.82 Å². The topological polar surface area (TPSA) is 64.9 Å². The predicted molar refractivity (Wildman–Crippen MR) is 67.5 cm³/mol. The Balaban J connectivity index is 2.01. The molecule has 0 saturated heterocycles. The number of benzene rings is 1. The third-order valence-corrected chi connectivity index (χ3v) is 3.16. The van der Waals surface area contributed by atoms with Crippen molar-refractivity contribution >= 4 is 17.0 Å². The molecule has 2 aromatic heterocycles. The van der Waals surface area contributed by atoms with Crippen LogP contribution in [-0.2, 0) is 0 Å². The first-order valence-electron chi connectivity index (χ1n) is 5.06. The summed E-state index contributed by atoms with van der Waals surface area (Å²) >= 11 is 1.57. The third-order valence-electron chi connectivity index (χ3n) is 2.30. The highest BCUT2D eigenvalue weighted by molar-refractivity contribution is 7.13. The molecule has 2 heterocycles. The van der Waals surface area contributed by atoms with E-state index in [9.17, 15) is 0 Å². The van der Waals surface area contributed by atoms with Crippen molar-refractivity contribution in [2.45, 2.75) is 0 Å². The first kappa shape index (κ1) is 10.0. The first-order valence-corrected chi connectivity index (χ1v) is 5.94. The molecule has 0 spiro atoms. The largest absolute Gasteiger partial charge is 0.399 e. The summed E-state index contributed by atoms with van der Waals surface area (Å²) in [4.78, 5) is 5.31. The van der Waals surface area contributed by atoms with Crippen LogP contribution in [0.2, 0.25) is 0 Å². The molecule has 0 atom stereocenters. The normalized spacial score (nSPS) is 10.6. The molecule has 5 heteroatoms. The van der Waals surface area contributed by atoms with Crippen molar-refractivity contribution in [3.05, 3.63) is 41.8 Å². The first-order chi connectivity index (χ1) is 8.33. The van der Waals surface area contributed by atoms with E-state index in [1.165, 1.54) is 0 Å². The number of nitrogens with zero attached hydrogens (tertiary/aromatic N) is 2. The molecule has 0 fully saturated rings. The second kappa shape index (κ2) is 4.03. The molecule has 84 valence electrons. The molecule has 3 aromatic rings. The van der Waals surface area contributed by atoms with E-state index in [0.29, 0.717) is 17.4 Å². The minimum Gasteiger partial charge on any atom is -0.399 e. The second-order valence-electron chi connectivity index (χ2n) is 3.53. The summed E-state index contributed by atoms with van der Waals surface area (Å²) in [6.45, 7) is 0. The summed E-state index contributed by atoms with van der Waals surface area (Å²) in [5.74, 6) is 1.10. The second-order valence-corrected chi connectivity index (χ2v) is 4.47. The van der Waals surface area contributed by atoms with Crippen LogP contribution in [0.25, 0.3) is 22.2 Å². The molecule has 0 unspecified atom stereocenters. The maximum absolute atomic E-state index is 5.71. The van der Waals surface area contributed by atoms with Crippen molar-refractivity contribution in [3.8, 4) is 22.2 Å². The van der Waals surface area contributed by atoms with Crippen LogP contribution in [-0.4, -0.2) is 10.1 Å². The van der Waals surface area contributed by atoms with Crippen molar-refractivity contribution in [3.63, 3.8) is 0 Å². The standard InChI is InChI=1S/C12H9N3OS/c13-9-4-1-3-8(7-9)11-14-12(16-15-11)10-5-2-6-17-10/h1-7H,13H2. The number of thiophene rings is 1.